The number of carbonyl (C=O) groups excluding carboxylic acids is 1. The van der Waals surface area contributed by atoms with Gasteiger partial charge in [0.05, 0.1) is 11.8 Å². The van der Waals surface area contributed by atoms with Gasteiger partial charge in [0.1, 0.15) is 0 Å². The number of anilines is 1. The summed E-state index contributed by atoms with van der Waals surface area (Å²) in [7, 11) is 0. The van der Waals surface area contributed by atoms with E-state index >= 15 is 0 Å². The number of thioether (sulfide) groups is 1. The van der Waals surface area contributed by atoms with E-state index in [1.165, 1.54) is 11.8 Å². The molecule has 1 amide bonds. The molecule has 0 spiro atoms. The Morgan fingerprint density at radius 1 is 1.41 bits per heavy atom. The lowest BCUT2D eigenvalue weighted by Gasteiger charge is -2.22. The second kappa shape index (κ2) is 6.48. The summed E-state index contributed by atoms with van der Waals surface area (Å²) >= 11 is 1.41. The van der Waals surface area contributed by atoms with Gasteiger partial charge in [-0.05, 0) is 48.7 Å². The molecule has 0 unspecified atom stereocenters. The molecule has 0 radical (unpaired) electrons. The smallest absolute Gasteiger partial charge is 0.237 e. The van der Waals surface area contributed by atoms with E-state index in [0.717, 1.165) is 29.2 Å². The molecule has 0 aliphatic heterocycles. The van der Waals surface area contributed by atoms with Gasteiger partial charge in [0.25, 0.3) is 0 Å². The van der Waals surface area contributed by atoms with Crippen molar-refractivity contribution in [3.05, 3.63) is 29.8 Å². The molecule has 0 saturated heterocycles. The minimum Gasteiger partial charge on any atom is -0.312 e. The normalized spacial score (nSPS) is 14.1. The summed E-state index contributed by atoms with van der Waals surface area (Å²) in [6, 6.07) is 8.36. The highest BCUT2D eigenvalue weighted by atomic mass is 32.2. The Hall–Kier alpha value is -1.89. The van der Waals surface area contributed by atoms with Crippen LogP contribution < -0.4 is 4.90 Å². The zero-order valence-electron chi connectivity index (χ0n) is 12.8. The van der Waals surface area contributed by atoms with Crippen molar-refractivity contribution in [1.29, 1.82) is 0 Å². The average molecular weight is 317 g/mol. The minimum atomic E-state index is 0.0761. The highest BCUT2D eigenvalue weighted by Crippen LogP contribution is 2.36. The maximum Gasteiger partial charge on any atom is 0.237 e. The first kappa shape index (κ1) is 15.0. The summed E-state index contributed by atoms with van der Waals surface area (Å²) in [4.78, 5) is 14.4. The SMILES string of the molecule is CCN(C(=O)CSc1nnnn1C1CC1)c1ccccc1C. The molecule has 22 heavy (non-hydrogen) atoms. The zero-order valence-corrected chi connectivity index (χ0v) is 13.6. The van der Waals surface area contributed by atoms with Gasteiger partial charge in [-0.15, -0.1) is 5.10 Å². The topological polar surface area (TPSA) is 63.9 Å². The molecule has 1 aromatic carbocycles. The number of para-hydroxylation sites is 1. The standard InChI is InChI=1S/C15H19N5OS/c1-3-19(13-7-5-4-6-11(13)2)14(21)10-22-15-16-17-18-20(15)12-8-9-12/h4-7,12H,3,8-10H2,1-2H3. The Morgan fingerprint density at radius 3 is 2.86 bits per heavy atom. The predicted molar refractivity (Wildman–Crippen MR) is 86.0 cm³/mol. The molecule has 0 N–H and O–H groups in total. The Bertz CT molecular complexity index is 667. The second-order valence-electron chi connectivity index (χ2n) is 5.35. The fraction of sp³-hybridized carbons (Fsp3) is 0.467. The van der Waals surface area contributed by atoms with E-state index in [-0.39, 0.29) is 5.91 Å². The summed E-state index contributed by atoms with van der Waals surface area (Å²) in [5, 5.41) is 12.5. The molecule has 0 atom stereocenters. The summed E-state index contributed by atoms with van der Waals surface area (Å²) in [5.41, 5.74) is 2.07. The number of amides is 1. The molecule has 6 nitrogen and oxygen atoms in total. The van der Waals surface area contributed by atoms with Crippen LogP contribution in [0.3, 0.4) is 0 Å². The van der Waals surface area contributed by atoms with Crippen LogP contribution in [0.1, 0.15) is 31.4 Å². The molecule has 3 rings (SSSR count). The van der Waals surface area contributed by atoms with Crippen LogP contribution in [-0.2, 0) is 4.79 Å². The van der Waals surface area contributed by atoms with Gasteiger partial charge in [-0.3, -0.25) is 4.79 Å². The molecule has 1 heterocycles. The number of tetrazole rings is 1. The second-order valence-corrected chi connectivity index (χ2v) is 6.29. The molecule has 2 aromatic rings. The fourth-order valence-electron chi connectivity index (χ4n) is 2.38. The van der Waals surface area contributed by atoms with Crippen molar-refractivity contribution in [2.75, 3.05) is 17.2 Å². The van der Waals surface area contributed by atoms with Crippen LogP contribution in [0.25, 0.3) is 0 Å². The number of hydrogen-bond acceptors (Lipinski definition) is 5. The number of carbonyl (C=O) groups is 1. The number of hydrogen-bond donors (Lipinski definition) is 0. The summed E-state index contributed by atoms with van der Waals surface area (Å²) in [6.07, 6.45) is 2.24. The monoisotopic (exact) mass is 317 g/mol. The molecule has 0 bridgehead atoms. The molecular formula is C15H19N5OS. The lowest BCUT2D eigenvalue weighted by molar-refractivity contribution is -0.116. The number of aryl methyl sites for hydroxylation is 1. The maximum absolute atomic E-state index is 12.5. The van der Waals surface area contributed by atoms with Crippen LogP contribution in [0, 0.1) is 6.92 Å². The van der Waals surface area contributed by atoms with E-state index in [1.54, 1.807) is 0 Å². The van der Waals surface area contributed by atoms with Gasteiger partial charge >= 0.3 is 0 Å². The van der Waals surface area contributed by atoms with Gasteiger partial charge in [-0.25, -0.2) is 4.68 Å². The summed E-state index contributed by atoms with van der Waals surface area (Å²) in [5.74, 6) is 0.419. The largest absolute Gasteiger partial charge is 0.312 e. The van der Waals surface area contributed by atoms with Crippen molar-refractivity contribution in [2.45, 2.75) is 37.9 Å². The van der Waals surface area contributed by atoms with E-state index in [2.05, 4.69) is 15.5 Å². The van der Waals surface area contributed by atoms with E-state index in [0.29, 0.717) is 18.3 Å². The number of rotatable bonds is 6. The van der Waals surface area contributed by atoms with E-state index < -0.39 is 0 Å². The van der Waals surface area contributed by atoms with Gasteiger partial charge in [-0.1, -0.05) is 30.0 Å². The highest BCUT2D eigenvalue weighted by molar-refractivity contribution is 7.99. The van der Waals surface area contributed by atoms with Crippen molar-refractivity contribution in [2.24, 2.45) is 0 Å². The van der Waals surface area contributed by atoms with Crippen LogP contribution >= 0.6 is 11.8 Å². The van der Waals surface area contributed by atoms with Gasteiger partial charge in [-0.2, -0.15) is 0 Å². The summed E-state index contributed by atoms with van der Waals surface area (Å²) < 4.78 is 1.84. The van der Waals surface area contributed by atoms with Crippen LogP contribution in [0.15, 0.2) is 29.4 Å². The van der Waals surface area contributed by atoms with Gasteiger partial charge in [0, 0.05) is 12.2 Å². The molecule has 1 aromatic heterocycles. The third-order valence-corrected chi connectivity index (χ3v) is 4.62. The van der Waals surface area contributed by atoms with Crippen LogP contribution in [0.5, 0.6) is 0 Å². The molecule has 116 valence electrons. The summed E-state index contributed by atoms with van der Waals surface area (Å²) in [6.45, 7) is 4.66. The Balaban J connectivity index is 1.67. The number of benzene rings is 1. The van der Waals surface area contributed by atoms with Crippen molar-refractivity contribution in [3.8, 4) is 0 Å². The van der Waals surface area contributed by atoms with Crippen molar-refractivity contribution >= 4 is 23.4 Å². The van der Waals surface area contributed by atoms with Gasteiger partial charge in [0.15, 0.2) is 0 Å². The van der Waals surface area contributed by atoms with Gasteiger partial charge < -0.3 is 4.90 Å². The molecular weight excluding hydrogens is 298 g/mol. The predicted octanol–water partition coefficient (Wildman–Crippen LogP) is 2.46. The Morgan fingerprint density at radius 2 is 2.18 bits per heavy atom. The zero-order chi connectivity index (χ0) is 15.5. The van der Waals surface area contributed by atoms with Crippen LogP contribution in [0.2, 0.25) is 0 Å². The van der Waals surface area contributed by atoms with Crippen LogP contribution in [-0.4, -0.2) is 38.4 Å². The molecule has 1 fully saturated rings. The first-order chi connectivity index (χ1) is 10.7. The first-order valence-electron chi connectivity index (χ1n) is 7.47. The first-order valence-corrected chi connectivity index (χ1v) is 8.46. The lowest BCUT2D eigenvalue weighted by Crippen LogP contribution is -2.32. The Labute approximate surface area is 133 Å². The number of aromatic nitrogens is 4. The van der Waals surface area contributed by atoms with Crippen molar-refractivity contribution in [1.82, 2.24) is 20.2 Å². The molecule has 7 heteroatoms. The maximum atomic E-state index is 12.5. The van der Waals surface area contributed by atoms with Crippen LogP contribution in [0.4, 0.5) is 5.69 Å². The van der Waals surface area contributed by atoms with Crippen molar-refractivity contribution < 1.29 is 4.79 Å². The Kier molecular flexibility index (Phi) is 4.42. The average Bonchev–Trinajstić information content (AvgIpc) is 3.26. The third-order valence-electron chi connectivity index (χ3n) is 3.70. The van der Waals surface area contributed by atoms with E-state index in [1.807, 2.05) is 47.7 Å². The minimum absolute atomic E-state index is 0.0761. The highest BCUT2D eigenvalue weighted by Gasteiger charge is 2.28. The van der Waals surface area contributed by atoms with Crippen molar-refractivity contribution in [3.63, 3.8) is 0 Å². The quantitative estimate of drug-likeness (QED) is 0.766. The van der Waals surface area contributed by atoms with Gasteiger partial charge in [0.2, 0.25) is 11.1 Å². The lowest BCUT2D eigenvalue weighted by atomic mass is 10.2. The number of nitrogens with zero attached hydrogens (tertiary/aromatic N) is 5. The van der Waals surface area contributed by atoms with E-state index in [4.69, 9.17) is 0 Å². The molecule has 1 aliphatic rings. The fourth-order valence-corrected chi connectivity index (χ4v) is 3.20. The van der Waals surface area contributed by atoms with E-state index in [9.17, 15) is 4.79 Å². The molecule has 1 saturated carbocycles. The molecule has 1 aliphatic carbocycles. The third kappa shape index (κ3) is 3.14.